The SMILES string of the molecule is CCCCCC(F)CCC(I)=CC(F)(F)C(F)(F)C(F)(F)C(F)(F)C(F)(F)C(F)F. The van der Waals surface area contributed by atoms with E-state index in [0.29, 0.717) is 12.8 Å². The minimum Gasteiger partial charge on any atom is -0.247 e. The van der Waals surface area contributed by atoms with Gasteiger partial charge in [0.25, 0.3) is 0 Å². The van der Waals surface area contributed by atoms with Gasteiger partial charge in [0.1, 0.15) is 6.17 Å². The predicted octanol–water partition coefficient (Wildman–Crippen LogP) is 8.45. The number of hydrogen-bond donors (Lipinski definition) is 0. The van der Waals surface area contributed by atoms with E-state index in [9.17, 15) is 57.1 Å². The second-order valence-corrected chi connectivity index (χ2v) is 7.88. The summed E-state index contributed by atoms with van der Waals surface area (Å²) in [7, 11) is 0. The number of alkyl halides is 13. The van der Waals surface area contributed by atoms with Crippen LogP contribution in [-0.4, -0.2) is 42.2 Å². The summed E-state index contributed by atoms with van der Waals surface area (Å²) in [5, 5.41) is 0. The predicted molar refractivity (Wildman–Crippen MR) is 91.1 cm³/mol. The first kappa shape index (κ1) is 29.6. The number of allylic oxidation sites excluding steroid dienone is 2. The van der Waals surface area contributed by atoms with Gasteiger partial charge >= 0.3 is 36.0 Å². The maximum absolute atomic E-state index is 13.7. The normalized spacial score (nSPS) is 16.3. The van der Waals surface area contributed by atoms with Gasteiger partial charge in [0.05, 0.1) is 0 Å². The molecule has 0 aromatic carbocycles. The van der Waals surface area contributed by atoms with E-state index >= 15 is 0 Å². The average Bonchev–Trinajstić information content (AvgIpc) is 2.58. The van der Waals surface area contributed by atoms with Crippen LogP contribution in [0.4, 0.5) is 57.1 Å². The second kappa shape index (κ2) is 10.5. The van der Waals surface area contributed by atoms with E-state index in [-0.39, 0.29) is 6.42 Å². The molecule has 30 heavy (non-hydrogen) atoms. The van der Waals surface area contributed by atoms with Crippen molar-refractivity contribution in [1.82, 2.24) is 0 Å². The summed E-state index contributed by atoms with van der Waals surface area (Å²) in [6.07, 6.45) is -7.25. The van der Waals surface area contributed by atoms with Crippen molar-refractivity contribution < 1.29 is 57.1 Å². The highest BCUT2D eigenvalue weighted by atomic mass is 127. The van der Waals surface area contributed by atoms with Crippen molar-refractivity contribution in [1.29, 1.82) is 0 Å². The maximum Gasteiger partial charge on any atom is 0.385 e. The Morgan fingerprint density at radius 1 is 0.767 bits per heavy atom. The minimum absolute atomic E-state index is 0.0112. The smallest absolute Gasteiger partial charge is 0.247 e. The summed E-state index contributed by atoms with van der Waals surface area (Å²) < 4.78 is 170. The third-order valence-electron chi connectivity index (χ3n) is 4.06. The fourth-order valence-corrected chi connectivity index (χ4v) is 2.87. The monoisotopic (exact) mass is 584 g/mol. The quantitative estimate of drug-likeness (QED) is 0.116. The van der Waals surface area contributed by atoms with Gasteiger partial charge in [-0.15, -0.1) is 0 Å². The number of hydrogen-bond acceptors (Lipinski definition) is 0. The molecule has 180 valence electrons. The average molecular weight is 584 g/mol. The molecule has 0 bridgehead atoms. The lowest BCUT2D eigenvalue weighted by Crippen LogP contribution is -2.68. The third kappa shape index (κ3) is 6.08. The van der Waals surface area contributed by atoms with Crippen LogP contribution in [0.25, 0.3) is 0 Å². The molecule has 0 rings (SSSR count). The first-order valence-electron chi connectivity index (χ1n) is 8.48. The lowest BCUT2D eigenvalue weighted by molar-refractivity contribution is -0.406. The van der Waals surface area contributed by atoms with E-state index in [1.54, 1.807) is 0 Å². The lowest BCUT2D eigenvalue weighted by atomic mass is 9.94. The van der Waals surface area contributed by atoms with Crippen LogP contribution < -0.4 is 0 Å². The highest BCUT2D eigenvalue weighted by Crippen LogP contribution is 2.58. The molecular weight excluding hydrogens is 566 g/mol. The fraction of sp³-hybridized carbons (Fsp3) is 0.875. The van der Waals surface area contributed by atoms with Gasteiger partial charge in [0, 0.05) is 6.08 Å². The molecular formula is C16H18F13I. The molecule has 0 fully saturated rings. The molecule has 0 amide bonds. The highest BCUT2D eigenvalue weighted by Gasteiger charge is 2.87. The van der Waals surface area contributed by atoms with Crippen LogP contribution in [0.5, 0.6) is 0 Å². The van der Waals surface area contributed by atoms with Crippen LogP contribution in [0.1, 0.15) is 45.4 Å². The van der Waals surface area contributed by atoms with Crippen LogP contribution in [-0.2, 0) is 0 Å². The van der Waals surface area contributed by atoms with Gasteiger partial charge < -0.3 is 0 Å². The third-order valence-corrected chi connectivity index (χ3v) is 4.91. The standard InChI is InChI=1S/C16H18F13I/c1-2-3-4-5-9(17)6-7-10(30)8-12(20,21)14(24,25)16(28,29)15(26,27)13(22,23)11(18)19/h8-9,11H,2-7H2,1H3. The summed E-state index contributed by atoms with van der Waals surface area (Å²) in [6, 6.07) is 0. The summed E-state index contributed by atoms with van der Waals surface area (Å²) in [6.45, 7) is 1.82. The Labute approximate surface area is 177 Å². The van der Waals surface area contributed by atoms with Crippen LogP contribution in [0.15, 0.2) is 9.66 Å². The van der Waals surface area contributed by atoms with E-state index in [2.05, 4.69) is 0 Å². The Kier molecular flexibility index (Phi) is 10.3. The van der Waals surface area contributed by atoms with Gasteiger partial charge in [-0.05, 0) is 45.4 Å². The Morgan fingerprint density at radius 2 is 1.27 bits per heavy atom. The van der Waals surface area contributed by atoms with Gasteiger partial charge in [0.15, 0.2) is 0 Å². The molecule has 0 radical (unpaired) electrons. The Bertz CT molecular complexity index is 571. The van der Waals surface area contributed by atoms with E-state index < -0.39 is 64.7 Å². The largest absolute Gasteiger partial charge is 0.385 e. The number of rotatable bonds is 13. The first-order valence-corrected chi connectivity index (χ1v) is 9.56. The van der Waals surface area contributed by atoms with Crippen molar-refractivity contribution in [2.24, 2.45) is 0 Å². The van der Waals surface area contributed by atoms with Gasteiger partial charge in [-0.2, -0.15) is 43.9 Å². The van der Waals surface area contributed by atoms with Crippen LogP contribution >= 0.6 is 22.6 Å². The number of unbranched alkanes of at least 4 members (excludes halogenated alkanes) is 2. The highest BCUT2D eigenvalue weighted by molar-refractivity contribution is 14.1. The van der Waals surface area contributed by atoms with Crippen molar-refractivity contribution in [3.63, 3.8) is 0 Å². The van der Waals surface area contributed by atoms with Crippen molar-refractivity contribution in [3.05, 3.63) is 9.66 Å². The van der Waals surface area contributed by atoms with Crippen LogP contribution in [0.3, 0.4) is 0 Å². The molecule has 0 aliphatic heterocycles. The zero-order valence-electron chi connectivity index (χ0n) is 15.3. The molecule has 0 heterocycles. The molecule has 0 N–H and O–H groups in total. The summed E-state index contributed by atoms with van der Waals surface area (Å²) >= 11 is 0.942. The fourth-order valence-electron chi connectivity index (χ4n) is 2.17. The molecule has 0 nitrogen and oxygen atoms in total. The molecule has 0 aliphatic carbocycles. The molecule has 0 saturated carbocycles. The van der Waals surface area contributed by atoms with E-state index in [1.807, 2.05) is 6.92 Å². The topological polar surface area (TPSA) is 0 Å². The molecule has 1 atom stereocenters. The molecule has 0 aromatic heterocycles. The molecule has 0 saturated heterocycles. The van der Waals surface area contributed by atoms with Gasteiger partial charge in [-0.3, -0.25) is 0 Å². The van der Waals surface area contributed by atoms with Crippen molar-refractivity contribution in [2.75, 3.05) is 0 Å². The van der Waals surface area contributed by atoms with E-state index in [4.69, 9.17) is 0 Å². The van der Waals surface area contributed by atoms with Gasteiger partial charge in [-0.25, -0.2) is 13.2 Å². The second-order valence-electron chi connectivity index (χ2n) is 6.49. The molecule has 0 aliphatic rings. The Morgan fingerprint density at radius 3 is 1.70 bits per heavy atom. The van der Waals surface area contributed by atoms with Gasteiger partial charge in [0.2, 0.25) is 0 Å². The van der Waals surface area contributed by atoms with E-state index in [0.717, 1.165) is 29.0 Å². The molecule has 14 heteroatoms. The Hall–Kier alpha value is -0.440. The van der Waals surface area contributed by atoms with Crippen LogP contribution in [0, 0.1) is 0 Å². The summed E-state index contributed by atoms with van der Waals surface area (Å²) in [5.41, 5.74) is 0. The van der Waals surface area contributed by atoms with Crippen molar-refractivity contribution >= 4 is 22.6 Å². The molecule has 0 aromatic rings. The summed E-state index contributed by atoms with van der Waals surface area (Å²) in [5.74, 6) is -35.4. The zero-order valence-corrected chi connectivity index (χ0v) is 17.4. The molecule has 0 spiro atoms. The van der Waals surface area contributed by atoms with Gasteiger partial charge in [-0.1, -0.05) is 26.2 Å². The zero-order chi connectivity index (χ0) is 24.2. The van der Waals surface area contributed by atoms with Crippen molar-refractivity contribution in [2.45, 2.75) is 87.7 Å². The number of halogens is 14. The van der Waals surface area contributed by atoms with E-state index in [1.165, 1.54) is 0 Å². The van der Waals surface area contributed by atoms with Crippen molar-refractivity contribution in [3.8, 4) is 0 Å². The Balaban J connectivity index is 5.61. The van der Waals surface area contributed by atoms with Crippen LogP contribution in [0.2, 0.25) is 0 Å². The maximum atomic E-state index is 13.7. The first-order chi connectivity index (χ1) is 13.3. The summed E-state index contributed by atoms with van der Waals surface area (Å²) in [4.78, 5) is 0. The minimum atomic E-state index is -7.56. The lowest BCUT2D eigenvalue weighted by Gasteiger charge is -2.38. The molecule has 1 unspecified atom stereocenters.